The van der Waals surface area contributed by atoms with Crippen LogP contribution in [0.3, 0.4) is 0 Å². The molecule has 0 aliphatic carbocycles. The van der Waals surface area contributed by atoms with Gasteiger partial charge in [0.25, 0.3) is 0 Å². The molecule has 1 aromatic rings. The van der Waals surface area contributed by atoms with Crippen LogP contribution in [-0.4, -0.2) is 31.1 Å². The van der Waals surface area contributed by atoms with Crippen molar-refractivity contribution in [3.63, 3.8) is 0 Å². The van der Waals surface area contributed by atoms with Gasteiger partial charge in [0.1, 0.15) is 12.4 Å². The van der Waals surface area contributed by atoms with E-state index in [1.807, 2.05) is 19.1 Å². The quantitative estimate of drug-likeness (QED) is 0.808. The fourth-order valence-electron chi connectivity index (χ4n) is 1.94. The Hall–Kier alpha value is -1.06. The van der Waals surface area contributed by atoms with E-state index in [4.69, 9.17) is 10.5 Å². The number of aryl methyl sites for hydroxylation is 1. The van der Waals surface area contributed by atoms with E-state index in [-0.39, 0.29) is 6.04 Å². The molecule has 0 aromatic heterocycles. The monoisotopic (exact) mass is 250 g/mol. The molecule has 0 heterocycles. The zero-order valence-corrected chi connectivity index (χ0v) is 12.1. The summed E-state index contributed by atoms with van der Waals surface area (Å²) in [5.41, 5.74) is 8.17. The van der Waals surface area contributed by atoms with E-state index < -0.39 is 0 Å². The van der Waals surface area contributed by atoms with E-state index in [0.717, 1.165) is 43.1 Å². The van der Waals surface area contributed by atoms with Crippen molar-refractivity contribution in [3.8, 4) is 5.75 Å². The van der Waals surface area contributed by atoms with Gasteiger partial charge in [-0.05, 0) is 44.1 Å². The van der Waals surface area contributed by atoms with Crippen LogP contribution in [0.1, 0.15) is 37.9 Å². The number of rotatable bonds is 7. The van der Waals surface area contributed by atoms with Crippen LogP contribution >= 0.6 is 0 Å². The Labute approximate surface area is 111 Å². The van der Waals surface area contributed by atoms with Crippen LogP contribution in [0, 0.1) is 6.92 Å². The van der Waals surface area contributed by atoms with Gasteiger partial charge in [0, 0.05) is 12.6 Å². The van der Waals surface area contributed by atoms with Gasteiger partial charge < -0.3 is 15.4 Å². The van der Waals surface area contributed by atoms with Crippen LogP contribution in [0.5, 0.6) is 5.75 Å². The molecule has 1 atom stereocenters. The summed E-state index contributed by atoms with van der Waals surface area (Å²) in [6, 6.07) is 6.26. The van der Waals surface area contributed by atoms with E-state index in [1.54, 1.807) is 0 Å². The standard InChI is InChI=1S/C15H26N2O/c1-5-17(6-2)9-10-18-15-8-7-14(13(4)16)11-12(15)3/h7-8,11,13H,5-6,9-10,16H2,1-4H3/t13-/m0/s1. The normalized spacial score (nSPS) is 12.8. The zero-order valence-electron chi connectivity index (χ0n) is 12.1. The zero-order chi connectivity index (χ0) is 13.5. The van der Waals surface area contributed by atoms with Gasteiger partial charge >= 0.3 is 0 Å². The maximum Gasteiger partial charge on any atom is 0.122 e. The van der Waals surface area contributed by atoms with Crippen molar-refractivity contribution in [1.29, 1.82) is 0 Å². The first-order chi connectivity index (χ1) is 8.58. The molecule has 0 unspecified atom stereocenters. The number of likely N-dealkylation sites (N-methyl/N-ethyl adjacent to an activating group) is 1. The Kier molecular flexibility index (Phi) is 6.16. The summed E-state index contributed by atoms with van der Waals surface area (Å²) in [7, 11) is 0. The number of nitrogens with zero attached hydrogens (tertiary/aromatic N) is 1. The molecule has 0 aliphatic heterocycles. The molecule has 1 aromatic carbocycles. The highest BCUT2D eigenvalue weighted by Crippen LogP contribution is 2.21. The van der Waals surface area contributed by atoms with Gasteiger partial charge in [-0.2, -0.15) is 0 Å². The molecule has 1 rings (SSSR count). The summed E-state index contributed by atoms with van der Waals surface area (Å²) in [4.78, 5) is 2.35. The highest BCUT2D eigenvalue weighted by atomic mass is 16.5. The topological polar surface area (TPSA) is 38.5 Å². The molecule has 0 amide bonds. The minimum atomic E-state index is 0.0772. The predicted octanol–water partition coefficient (Wildman–Crippen LogP) is 2.74. The molecule has 0 radical (unpaired) electrons. The third-order valence-electron chi connectivity index (χ3n) is 3.28. The van der Waals surface area contributed by atoms with E-state index in [2.05, 4.69) is 31.7 Å². The fraction of sp³-hybridized carbons (Fsp3) is 0.600. The third kappa shape index (κ3) is 4.31. The van der Waals surface area contributed by atoms with Crippen molar-refractivity contribution in [2.75, 3.05) is 26.2 Å². The third-order valence-corrected chi connectivity index (χ3v) is 3.28. The Morgan fingerprint density at radius 2 is 1.94 bits per heavy atom. The smallest absolute Gasteiger partial charge is 0.122 e. The van der Waals surface area contributed by atoms with E-state index in [9.17, 15) is 0 Å². The van der Waals surface area contributed by atoms with Crippen molar-refractivity contribution in [1.82, 2.24) is 4.90 Å². The first kappa shape index (κ1) is 15.0. The lowest BCUT2D eigenvalue weighted by atomic mass is 10.1. The van der Waals surface area contributed by atoms with Gasteiger partial charge in [-0.1, -0.05) is 26.0 Å². The van der Waals surface area contributed by atoms with Crippen molar-refractivity contribution in [2.24, 2.45) is 5.73 Å². The van der Waals surface area contributed by atoms with Crippen LogP contribution in [0.15, 0.2) is 18.2 Å². The minimum Gasteiger partial charge on any atom is -0.492 e. The Bertz CT molecular complexity index is 360. The molecular weight excluding hydrogens is 224 g/mol. The van der Waals surface area contributed by atoms with E-state index in [1.165, 1.54) is 0 Å². The summed E-state index contributed by atoms with van der Waals surface area (Å²) in [5, 5.41) is 0. The van der Waals surface area contributed by atoms with Crippen LogP contribution in [-0.2, 0) is 0 Å². The molecule has 18 heavy (non-hydrogen) atoms. The maximum atomic E-state index is 5.86. The van der Waals surface area contributed by atoms with Crippen LogP contribution in [0.25, 0.3) is 0 Å². The molecule has 0 saturated heterocycles. The highest BCUT2D eigenvalue weighted by molar-refractivity contribution is 5.37. The maximum absolute atomic E-state index is 5.86. The van der Waals surface area contributed by atoms with Crippen LogP contribution in [0.2, 0.25) is 0 Å². The minimum absolute atomic E-state index is 0.0772. The molecule has 0 bridgehead atoms. The molecular formula is C15H26N2O. The van der Waals surface area contributed by atoms with Crippen LogP contribution < -0.4 is 10.5 Å². The number of hydrogen-bond acceptors (Lipinski definition) is 3. The Morgan fingerprint density at radius 1 is 1.28 bits per heavy atom. The van der Waals surface area contributed by atoms with Gasteiger partial charge in [0.2, 0.25) is 0 Å². The fourth-order valence-corrected chi connectivity index (χ4v) is 1.94. The van der Waals surface area contributed by atoms with E-state index in [0.29, 0.717) is 0 Å². The average Bonchev–Trinajstić information content (AvgIpc) is 2.36. The average molecular weight is 250 g/mol. The van der Waals surface area contributed by atoms with Crippen molar-refractivity contribution < 1.29 is 4.74 Å². The molecule has 0 fully saturated rings. The summed E-state index contributed by atoms with van der Waals surface area (Å²) in [5.74, 6) is 0.964. The van der Waals surface area contributed by atoms with Gasteiger partial charge in [0.15, 0.2) is 0 Å². The number of nitrogens with two attached hydrogens (primary N) is 1. The number of ether oxygens (including phenoxy) is 1. The van der Waals surface area contributed by atoms with Crippen molar-refractivity contribution in [2.45, 2.75) is 33.7 Å². The van der Waals surface area contributed by atoms with E-state index >= 15 is 0 Å². The van der Waals surface area contributed by atoms with Crippen LogP contribution in [0.4, 0.5) is 0 Å². The molecule has 0 saturated carbocycles. The molecule has 3 heteroatoms. The first-order valence-corrected chi connectivity index (χ1v) is 6.79. The second-order valence-corrected chi connectivity index (χ2v) is 4.69. The van der Waals surface area contributed by atoms with Crippen molar-refractivity contribution in [3.05, 3.63) is 29.3 Å². The lowest BCUT2D eigenvalue weighted by Gasteiger charge is -2.19. The van der Waals surface area contributed by atoms with Crippen molar-refractivity contribution >= 4 is 0 Å². The molecule has 3 nitrogen and oxygen atoms in total. The molecule has 0 spiro atoms. The Balaban J connectivity index is 2.53. The lowest BCUT2D eigenvalue weighted by molar-refractivity contribution is 0.222. The first-order valence-electron chi connectivity index (χ1n) is 6.79. The van der Waals surface area contributed by atoms with Gasteiger partial charge in [0.05, 0.1) is 0 Å². The summed E-state index contributed by atoms with van der Waals surface area (Å²) in [6.07, 6.45) is 0. The predicted molar refractivity (Wildman–Crippen MR) is 77.1 cm³/mol. The second kappa shape index (κ2) is 7.39. The summed E-state index contributed by atoms with van der Waals surface area (Å²) >= 11 is 0. The number of benzene rings is 1. The van der Waals surface area contributed by atoms with Gasteiger partial charge in [-0.3, -0.25) is 0 Å². The molecule has 2 N–H and O–H groups in total. The second-order valence-electron chi connectivity index (χ2n) is 4.69. The highest BCUT2D eigenvalue weighted by Gasteiger charge is 2.05. The Morgan fingerprint density at radius 3 is 2.44 bits per heavy atom. The summed E-state index contributed by atoms with van der Waals surface area (Å²) in [6.45, 7) is 12.3. The largest absolute Gasteiger partial charge is 0.492 e. The van der Waals surface area contributed by atoms with Gasteiger partial charge in [-0.25, -0.2) is 0 Å². The summed E-state index contributed by atoms with van der Waals surface area (Å²) < 4.78 is 5.82. The molecule has 102 valence electrons. The molecule has 0 aliphatic rings. The SMILES string of the molecule is CCN(CC)CCOc1ccc([C@H](C)N)cc1C. The number of hydrogen-bond donors (Lipinski definition) is 1. The van der Waals surface area contributed by atoms with Gasteiger partial charge in [-0.15, -0.1) is 0 Å². The lowest BCUT2D eigenvalue weighted by Crippen LogP contribution is -2.28.